The van der Waals surface area contributed by atoms with E-state index in [1.54, 1.807) is 11.3 Å². The molecule has 2 heterocycles. The van der Waals surface area contributed by atoms with Crippen LogP contribution in [0.1, 0.15) is 17.8 Å². The average Bonchev–Trinajstić information content (AvgIpc) is 3.14. The second-order valence-electron chi connectivity index (χ2n) is 5.52. The van der Waals surface area contributed by atoms with Crippen molar-refractivity contribution < 1.29 is 9.53 Å². The lowest BCUT2D eigenvalue weighted by atomic mass is 9.92. The maximum absolute atomic E-state index is 12.5. The minimum Gasteiger partial charge on any atom is -0.378 e. The summed E-state index contributed by atoms with van der Waals surface area (Å²) in [5, 5.41) is 0.993. The van der Waals surface area contributed by atoms with Crippen LogP contribution in [0.25, 0.3) is 5.57 Å². The van der Waals surface area contributed by atoms with Crippen LogP contribution < -0.4 is 0 Å². The monoisotopic (exact) mass is 378 g/mol. The maximum Gasteiger partial charge on any atom is 0.184 e. The number of nitrogens with zero attached hydrogens (tertiary/aromatic N) is 2. The zero-order chi connectivity index (χ0) is 15.1. The third-order valence-electron chi connectivity index (χ3n) is 4.28. The molecular formula is C16H15BrN2O2S. The molecule has 6 heteroatoms. The van der Waals surface area contributed by atoms with E-state index in [2.05, 4.69) is 31.9 Å². The van der Waals surface area contributed by atoms with Gasteiger partial charge in [0.25, 0.3) is 0 Å². The first-order valence-electron chi connectivity index (χ1n) is 7.34. The van der Waals surface area contributed by atoms with Crippen LogP contribution in [0, 0.1) is 0 Å². The first-order chi connectivity index (χ1) is 10.7. The summed E-state index contributed by atoms with van der Waals surface area (Å²) in [6, 6.07) is 0. The molecule has 4 nitrogen and oxygen atoms in total. The molecule has 114 valence electrons. The highest BCUT2D eigenvalue weighted by Gasteiger charge is 2.30. The zero-order valence-corrected chi connectivity index (χ0v) is 14.4. The Labute approximate surface area is 141 Å². The van der Waals surface area contributed by atoms with Crippen molar-refractivity contribution in [3.8, 4) is 0 Å². The van der Waals surface area contributed by atoms with Crippen LogP contribution in [0.4, 0.5) is 0 Å². The summed E-state index contributed by atoms with van der Waals surface area (Å²) < 4.78 is 6.42. The van der Waals surface area contributed by atoms with E-state index < -0.39 is 0 Å². The molecule has 0 atom stereocenters. The lowest BCUT2D eigenvalue weighted by Crippen LogP contribution is -2.36. The lowest BCUT2D eigenvalue weighted by molar-refractivity contribution is -0.111. The number of carbonyl (C=O) groups excluding carboxylic acids is 1. The number of ether oxygens (including phenoxy) is 1. The van der Waals surface area contributed by atoms with Gasteiger partial charge in [-0.3, -0.25) is 4.79 Å². The van der Waals surface area contributed by atoms with Crippen molar-refractivity contribution in [2.24, 2.45) is 0 Å². The van der Waals surface area contributed by atoms with E-state index in [1.807, 2.05) is 12.3 Å². The van der Waals surface area contributed by atoms with Crippen LogP contribution in [0.5, 0.6) is 0 Å². The molecule has 0 aromatic carbocycles. The van der Waals surface area contributed by atoms with E-state index in [4.69, 9.17) is 4.74 Å². The van der Waals surface area contributed by atoms with Gasteiger partial charge in [0.2, 0.25) is 0 Å². The van der Waals surface area contributed by atoms with Crippen molar-refractivity contribution in [2.75, 3.05) is 26.3 Å². The van der Waals surface area contributed by atoms with Crippen molar-refractivity contribution in [3.05, 3.63) is 44.0 Å². The third-order valence-corrected chi connectivity index (χ3v) is 5.79. The molecule has 0 unspecified atom stereocenters. The third kappa shape index (κ3) is 2.49. The molecule has 0 saturated carbocycles. The van der Waals surface area contributed by atoms with Crippen LogP contribution in [0.3, 0.4) is 0 Å². The van der Waals surface area contributed by atoms with Gasteiger partial charge in [-0.2, -0.15) is 0 Å². The summed E-state index contributed by atoms with van der Waals surface area (Å²) in [7, 11) is 0. The predicted molar refractivity (Wildman–Crippen MR) is 89.5 cm³/mol. The number of carbonyl (C=O) groups is 1. The maximum atomic E-state index is 12.5. The van der Waals surface area contributed by atoms with Crippen molar-refractivity contribution >= 4 is 38.6 Å². The molecule has 0 amide bonds. The fourth-order valence-electron chi connectivity index (χ4n) is 3.18. The summed E-state index contributed by atoms with van der Waals surface area (Å²) in [5.41, 5.74) is 4.36. The van der Waals surface area contributed by atoms with E-state index in [1.165, 1.54) is 0 Å². The Morgan fingerprint density at radius 2 is 2.09 bits per heavy atom. The molecule has 1 aliphatic heterocycles. The van der Waals surface area contributed by atoms with Crippen LogP contribution in [-0.2, 0) is 9.53 Å². The van der Waals surface area contributed by atoms with Gasteiger partial charge in [0.05, 0.1) is 23.2 Å². The van der Waals surface area contributed by atoms with Crippen LogP contribution in [0.2, 0.25) is 0 Å². The van der Waals surface area contributed by atoms with E-state index >= 15 is 0 Å². The quantitative estimate of drug-likeness (QED) is 0.792. The minimum atomic E-state index is 0.157. The number of rotatable bonds is 2. The molecule has 0 spiro atoms. The van der Waals surface area contributed by atoms with E-state index in [0.717, 1.165) is 70.4 Å². The number of morpholine rings is 1. The fraction of sp³-hybridized carbons (Fsp3) is 0.375. The Morgan fingerprint density at radius 3 is 2.82 bits per heavy atom. The second-order valence-corrected chi connectivity index (χ2v) is 7.93. The number of hydrogen-bond donors (Lipinski definition) is 0. The Hall–Kier alpha value is -1.24. The molecule has 1 aromatic rings. The molecule has 0 bridgehead atoms. The van der Waals surface area contributed by atoms with Gasteiger partial charge < -0.3 is 9.64 Å². The molecular weight excluding hydrogens is 364 g/mol. The second kappa shape index (κ2) is 5.76. The van der Waals surface area contributed by atoms with E-state index in [9.17, 15) is 4.79 Å². The SMILES string of the molecule is O=C1C=C(N2CCOCC2)CC2=C1CC=C2c1ncc(Br)s1. The molecule has 4 rings (SSSR count). The highest BCUT2D eigenvalue weighted by molar-refractivity contribution is 9.11. The van der Waals surface area contributed by atoms with Gasteiger partial charge in [-0.05, 0) is 27.9 Å². The minimum absolute atomic E-state index is 0.157. The standard InChI is InChI=1S/C16H15BrN2O2S/c17-15-9-18-16(22-15)12-2-1-11-13(12)7-10(8-14(11)20)19-3-5-21-6-4-19/h2,8-9H,1,3-7H2. The summed E-state index contributed by atoms with van der Waals surface area (Å²) >= 11 is 5.08. The summed E-state index contributed by atoms with van der Waals surface area (Å²) in [5.74, 6) is 0.157. The number of thiazole rings is 1. The normalized spacial score (nSPS) is 21.9. The van der Waals surface area contributed by atoms with Crippen LogP contribution in [0.15, 0.2) is 39.0 Å². The average molecular weight is 379 g/mol. The molecule has 1 aromatic heterocycles. The highest BCUT2D eigenvalue weighted by Crippen LogP contribution is 2.42. The van der Waals surface area contributed by atoms with Gasteiger partial charge in [-0.15, -0.1) is 11.3 Å². The van der Waals surface area contributed by atoms with Crippen LogP contribution >= 0.6 is 27.3 Å². The van der Waals surface area contributed by atoms with Crippen molar-refractivity contribution in [1.82, 2.24) is 9.88 Å². The number of ketones is 1. The summed E-state index contributed by atoms with van der Waals surface area (Å²) in [6.07, 6.45) is 7.34. The Bertz CT molecular complexity index is 726. The zero-order valence-electron chi connectivity index (χ0n) is 12.0. The summed E-state index contributed by atoms with van der Waals surface area (Å²) in [4.78, 5) is 19.2. The number of aromatic nitrogens is 1. The molecule has 3 aliphatic rings. The van der Waals surface area contributed by atoms with Gasteiger partial charge >= 0.3 is 0 Å². The molecule has 1 saturated heterocycles. The topological polar surface area (TPSA) is 42.4 Å². The molecule has 1 fully saturated rings. The Balaban J connectivity index is 1.62. The van der Waals surface area contributed by atoms with Gasteiger partial charge in [0.1, 0.15) is 5.01 Å². The van der Waals surface area contributed by atoms with Gasteiger partial charge in [0.15, 0.2) is 5.78 Å². The fourth-order valence-corrected chi connectivity index (χ4v) is 4.46. The smallest absolute Gasteiger partial charge is 0.184 e. The van der Waals surface area contributed by atoms with E-state index in [0.29, 0.717) is 0 Å². The first kappa shape index (κ1) is 14.4. The van der Waals surface area contributed by atoms with Crippen molar-refractivity contribution in [3.63, 3.8) is 0 Å². The number of halogens is 1. The van der Waals surface area contributed by atoms with Gasteiger partial charge in [-0.1, -0.05) is 6.08 Å². The molecule has 22 heavy (non-hydrogen) atoms. The van der Waals surface area contributed by atoms with Crippen molar-refractivity contribution in [2.45, 2.75) is 12.8 Å². The Morgan fingerprint density at radius 1 is 1.27 bits per heavy atom. The molecule has 2 aliphatic carbocycles. The van der Waals surface area contributed by atoms with Crippen LogP contribution in [-0.4, -0.2) is 42.0 Å². The van der Waals surface area contributed by atoms with E-state index in [-0.39, 0.29) is 5.78 Å². The van der Waals surface area contributed by atoms with Gasteiger partial charge in [-0.25, -0.2) is 4.98 Å². The largest absolute Gasteiger partial charge is 0.378 e. The lowest BCUT2D eigenvalue weighted by Gasteiger charge is -2.33. The molecule has 0 radical (unpaired) electrons. The summed E-state index contributed by atoms with van der Waals surface area (Å²) in [6.45, 7) is 3.20. The number of hydrogen-bond acceptors (Lipinski definition) is 5. The first-order valence-corrected chi connectivity index (χ1v) is 8.95. The number of allylic oxidation sites excluding steroid dienone is 5. The molecule has 0 N–H and O–H groups in total. The highest BCUT2D eigenvalue weighted by atomic mass is 79.9. The van der Waals surface area contributed by atoms with Crippen molar-refractivity contribution in [1.29, 1.82) is 0 Å². The predicted octanol–water partition coefficient (Wildman–Crippen LogP) is 3.18. The Kier molecular flexibility index (Phi) is 3.76. The van der Waals surface area contributed by atoms with Gasteiger partial charge in [0, 0.05) is 42.4 Å².